The number of rotatable bonds is 42. The summed E-state index contributed by atoms with van der Waals surface area (Å²) in [4.78, 5) is 22.6. The van der Waals surface area contributed by atoms with Crippen LogP contribution in [0.4, 0.5) is 0 Å². The van der Waals surface area contributed by atoms with Gasteiger partial charge in [-0.1, -0.05) is 152 Å². The molecule has 9 nitrogen and oxygen atoms in total. The summed E-state index contributed by atoms with van der Waals surface area (Å²) in [6.45, 7) is 3.44. The second-order valence-electron chi connectivity index (χ2n) is 14.7. The number of unbranched alkanes of at least 4 members (excludes halogenated alkanes) is 20. The van der Waals surface area contributed by atoms with Crippen molar-refractivity contribution in [3.05, 3.63) is 48.6 Å². The van der Waals surface area contributed by atoms with E-state index in [1.807, 2.05) is 0 Å². The fourth-order valence-electron chi connectivity index (χ4n) is 5.83. The number of phosphoric acid groups is 1. The Hall–Kier alpha value is -1.58. The summed E-state index contributed by atoms with van der Waals surface area (Å²) in [5.74, 6) is -0.395. The van der Waals surface area contributed by atoms with Crippen LogP contribution < -0.4 is 0 Å². The first kappa shape index (κ1) is 53.4. The zero-order valence-electron chi connectivity index (χ0n) is 35.1. The van der Waals surface area contributed by atoms with Crippen LogP contribution in [0.25, 0.3) is 0 Å². The summed E-state index contributed by atoms with van der Waals surface area (Å²) < 4.78 is 33.4. The Morgan fingerprint density at radius 2 is 0.982 bits per heavy atom. The monoisotopic (exact) mass is 799 g/mol. The normalized spacial score (nSPS) is 14.5. The Morgan fingerprint density at radius 3 is 1.49 bits per heavy atom. The highest BCUT2D eigenvalue weighted by Crippen LogP contribution is 2.43. The number of hydrogen-bond donors (Lipinski definition) is 3. The van der Waals surface area contributed by atoms with Crippen LogP contribution in [0.2, 0.25) is 0 Å². The molecule has 55 heavy (non-hydrogen) atoms. The van der Waals surface area contributed by atoms with Gasteiger partial charge >= 0.3 is 13.8 Å². The maximum Gasteiger partial charge on any atom is 0.472 e. The Morgan fingerprint density at radius 1 is 0.564 bits per heavy atom. The smallest absolute Gasteiger partial charge is 0.457 e. The number of aliphatic hydroxyl groups excluding tert-OH is 2. The van der Waals surface area contributed by atoms with E-state index in [-0.39, 0.29) is 19.6 Å². The summed E-state index contributed by atoms with van der Waals surface area (Å²) in [6.07, 6.45) is 46.3. The quantitative estimate of drug-likeness (QED) is 0.0239. The van der Waals surface area contributed by atoms with Gasteiger partial charge in [0.2, 0.25) is 0 Å². The van der Waals surface area contributed by atoms with Crippen LogP contribution in [-0.4, -0.2) is 66.3 Å². The summed E-state index contributed by atoms with van der Waals surface area (Å²) in [7, 11) is -4.52. The molecule has 0 aliphatic carbocycles. The van der Waals surface area contributed by atoms with Crippen molar-refractivity contribution in [2.75, 3.05) is 33.0 Å². The lowest BCUT2D eigenvalue weighted by atomic mass is 10.1. The molecule has 0 aromatic carbocycles. The number of phosphoric ester groups is 1. The number of esters is 1. The summed E-state index contributed by atoms with van der Waals surface area (Å²) in [5.41, 5.74) is 0. The molecular formula is C45H83O9P. The van der Waals surface area contributed by atoms with Crippen LogP contribution >= 0.6 is 7.82 Å². The maximum absolute atomic E-state index is 12.6. The fraction of sp³-hybridized carbons (Fsp3) is 0.800. The molecule has 322 valence electrons. The molecule has 0 aromatic rings. The molecule has 3 unspecified atom stereocenters. The predicted molar refractivity (Wildman–Crippen MR) is 228 cm³/mol. The van der Waals surface area contributed by atoms with Gasteiger partial charge < -0.3 is 24.6 Å². The van der Waals surface area contributed by atoms with Gasteiger partial charge in [-0.3, -0.25) is 13.8 Å². The number of allylic oxidation sites excluding steroid dienone is 8. The minimum atomic E-state index is -4.52. The van der Waals surface area contributed by atoms with E-state index in [2.05, 4.69) is 62.5 Å². The van der Waals surface area contributed by atoms with E-state index in [1.165, 1.54) is 96.3 Å². The summed E-state index contributed by atoms with van der Waals surface area (Å²) >= 11 is 0. The van der Waals surface area contributed by atoms with Crippen LogP contribution in [0, 0.1) is 0 Å². The molecule has 0 aliphatic rings. The zero-order chi connectivity index (χ0) is 40.3. The number of carbonyl (C=O) groups is 1. The van der Waals surface area contributed by atoms with Crippen molar-refractivity contribution in [3.8, 4) is 0 Å². The van der Waals surface area contributed by atoms with E-state index < -0.39 is 39.2 Å². The second-order valence-corrected chi connectivity index (χ2v) is 16.2. The standard InChI is InChI=1S/C45H83O9P/c1-3-5-7-9-11-13-15-17-19-21-23-25-27-29-31-33-35-37-45(48)54-44(42-53-55(49,50)52-40-43(47)39-46)41-51-38-36-34-32-30-28-26-24-22-20-18-16-14-12-10-8-6-4-2/h11,13-14,16-17,19-20,22,43-44,46-47H,3-10,12,15,18,21,23-42H2,1-2H3,(H,49,50)/b13-11-,16-14-,19-17-,22-20-. The first-order chi connectivity index (χ1) is 26.8. The van der Waals surface area contributed by atoms with E-state index in [4.69, 9.17) is 23.6 Å². The van der Waals surface area contributed by atoms with Crippen molar-refractivity contribution >= 4 is 13.8 Å². The van der Waals surface area contributed by atoms with Gasteiger partial charge in [-0.2, -0.15) is 0 Å². The second kappa shape index (κ2) is 42.0. The van der Waals surface area contributed by atoms with Gasteiger partial charge in [-0.15, -0.1) is 0 Å². The molecule has 0 rings (SSSR count). The van der Waals surface area contributed by atoms with Crippen LogP contribution in [0.5, 0.6) is 0 Å². The van der Waals surface area contributed by atoms with Gasteiger partial charge in [0.05, 0.1) is 26.4 Å². The average molecular weight is 799 g/mol. The molecule has 0 fully saturated rings. The molecule has 0 amide bonds. The lowest BCUT2D eigenvalue weighted by Crippen LogP contribution is -2.29. The molecule has 3 atom stereocenters. The number of carbonyl (C=O) groups excluding carboxylic acids is 1. The molecule has 0 saturated carbocycles. The molecule has 10 heteroatoms. The molecular weight excluding hydrogens is 715 g/mol. The average Bonchev–Trinajstić information content (AvgIpc) is 3.18. The van der Waals surface area contributed by atoms with E-state index in [1.54, 1.807) is 0 Å². The van der Waals surface area contributed by atoms with E-state index in [0.717, 1.165) is 70.6 Å². The lowest BCUT2D eigenvalue weighted by Gasteiger charge is -2.20. The highest BCUT2D eigenvalue weighted by molar-refractivity contribution is 7.47. The van der Waals surface area contributed by atoms with E-state index >= 15 is 0 Å². The van der Waals surface area contributed by atoms with Crippen molar-refractivity contribution in [2.24, 2.45) is 0 Å². The zero-order valence-corrected chi connectivity index (χ0v) is 36.0. The number of aliphatic hydroxyl groups is 2. The van der Waals surface area contributed by atoms with Gasteiger partial charge in [0.25, 0.3) is 0 Å². The summed E-state index contributed by atoms with van der Waals surface area (Å²) in [5, 5.41) is 18.4. The highest BCUT2D eigenvalue weighted by Gasteiger charge is 2.26. The molecule has 0 heterocycles. The highest BCUT2D eigenvalue weighted by atomic mass is 31.2. The Bertz CT molecular complexity index is 997. The molecule has 0 bridgehead atoms. The van der Waals surface area contributed by atoms with Crippen LogP contribution in [0.1, 0.15) is 187 Å². The molecule has 0 aliphatic heterocycles. The first-order valence-corrected chi connectivity index (χ1v) is 23.6. The molecule has 0 spiro atoms. The van der Waals surface area contributed by atoms with Crippen LogP contribution in [0.3, 0.4) is 0 Å². The Balaban J connectivity index is 4.20. The van der Waals surface area contributed by atoms with Gasteiger partial charge in [0.1, 0.15) is 12.2 Å². The number of hydrogen-bond acceptors (Lipinski definition) is 8. The SMILES string of the molecule is CCCCC/C=C\C/C=C\CCCCCCCCCC(=O)OC(COCCCCCCCC/C=C\C/C=C\CCCCCC)COP(=O)(O)OCC(O)CO. The topological polar surface area (TPSA) is 132 Å². The van der Waals surface area contributed by atoms with Gasteiger partial charge in [0, 0.05) is 13.0 Å². The minimum absolute atomic E-state index is 0.0380. The lowest BCUT2D eigenvalue weighted by molar-refractivity contribution is -0.154. The largest absolute Gasteiger partial charge is 0.472 e. The first-order valence-electron chi connectivity index (χ1n) is 22.1. The molecule has 0 aromatic heterocycles. The minimum Gasteiger partial charge on any atom is -0.457 e. The third kappa shape index (κ3) is 41.9. The Labute approximate surface area is 337 Å². The third-order valence-corrected chi connectivity index (χ3v) is 10.2. The van der Waals surface area contributed by atoms with Crippen molar-refractivity contribution in [3.63, 3.8) is 0 Å². The summed E-state index contributed by atoms with van der Waals surface area (Å²) in [6, 6.07) is 0. The van der Waals surface area contributed by atoms with Crippen molar-refractivity contribution in [1.82, 2.24) is 0 Å². The van der Waals surface area contributed by atoms with Crippen molar-refractivity contribution in [1.29, 1.82) is 0 Å². The van der Waals surface area contributed by atoms with E-state index in [9.17, 15) is 19.4 Å². The van der Waals surface area contributed by atoms with Crippen molar-refractivity contribution < 1.29 is 43.0 Å². The molecule has 0 radical (unpaired) electrons. The Kier molecular flexibility index (Phi) is 40.8. The van der Waals surface area contributed by atoms with E-state index in [0.29, 0.717) is 6.61 Å². The third-order valence-electron chi connectivity index (χ3n) is 9.24. The van der Waals surface area contributed by atoms with Gasteiger partial charge in [0.15, 0.2) is 0 Å². The van der Waals surface area contributed by atoms with Crippen LogP contribution in [-0.2, 0) is 27.9 Å². The van der Waals surface area contributed by atoms with Gasteiger partial charge in [-0.25, -0.2) is 4.57 Å². The van der Waals surface area contributed by atoms with Gasteiger partial charge in [-0.05, 0) is 77.0 Å². The van der Waals surface area contributed by atoms with Crippen LogP contribution in [0.15, 0.2) is 48.6 Å². The predicted octanol–water partition coefficient (Wildman–Crippen LogP) is 12.2. The number of ether oxygens (including phenoxy) is 2. The maximum atomic E-state index is 12.6. The molecule has 3 N–H and O–H groups in total. The molecule has 0 saturated heterocycles. The fourth-order valence-corrected chi connectivity index (χ4v) is 6.62. The van der Waals surface area contributed by atoms with Crippen molar-refractivity contribution in [2.45, 2.75) is 199 Å².